The standard InChI is InChI=1S/C30H35Cl2N3O4S/c1-3-5-19-33-30(37)28(4-2)34(20-18-23-12-8-6-9-13-23)29(36)22-35(24-16-17-26(31)27(32)21-24)40(38,39)25-14-10-7-11-15-25/h6-17,21,28H,3-5,18-20,22H2,1-2H3,(H,33,37)/t28-/m0/s1. The molecule has 3 aromatic rings. The SMILES string of the molecule is CCCCNC(=O)[C@H](CC)N(CCc1ccccc1)C(=O)CN(c1ccc(Cl)c(Cl)c1)S(=O)(=O)c1ccccc1. The molecule has 214 valence electrons. The van der Waals surface area contributed by atoms with Gasteiger partial charge in [0.25, 0.3) is 10.0 Å². The molecule has 0 unspecified atom stereocenters. The number of anilines is 1. The molecule has 7 nitrogen and oxygen atoms in total. The Bertz CT molecular complexity index is 1370. The van der Waals surface area contributed by atoms with Crippen molar-refractivity contribution in [1.29, 1.82) is 0 Å². The van der Waals surface area contributed by atoms with E-state index in [0.29, 0.717) is 19.4 Å². The van der Waals surface area contributed by atoms with Crippen LogP contribution in [-0.2, 0) is 26.0 Å². The Balaban J connectivity index is 1.99. The predicted molar refractivity (Wildman–Crippen MR) is 161 cm³/mol. The van der Waals surface area contributed by atoms with Crippen LogP contribution >= 0.6 is 23.2 Å². The maximum absolute atomic E-state index is 14.0. The summed E-state index contributed by atoms with van der Waals surface area (Å²) < 4.78 is 28.6. The average Bonchev–Trinajstić information content (AvgIpc) is 2.96. The lowest BCUT2D eigenvalue weighted by Crippen LogP contribution is -2.53. The van der Waals surface area contributed by atoms with E-state index in [2.05, 4.69) is 5.32 Å². The molecule has 0 aliphatic carbocycles. The molecule has 0 spiro atoms. The number of rotatable bonds is 14. The van der Waals surface area contributed by atoms with Gasteiger partial charge in [0, 0.05) is 13.1 Å². The first-order chi connectivity index (χ1) is 19.2. The van der Waals surface area contributed by atoms with Gasteiger partial charge in [-0.3, -0.25) is 13.9 Å². The molecule has 0 heterocycles. The summed E-state index contributed by atoms with van der Waals surface area (Å²) in [5.41, 5.74) is 1.19. The van der Waals surface area contributed by atoms with Gasteiger partial charge >= 0.3 is 0 Å². The number of nitrogens with one attached hydrogen (secondary N) is 1. The van der Waals surface area contributed by atoms with E-state index in [0.717, 1.165) is 22.7 Å². The number of unbranched alkanes of at least 4 members (excludes halogenated alkanes) is 1. The van der Waals surface area contributed by atoms with Crippen LogP contribution in [0.1, 0.15) is 38.7 Å². The number of hydrogen-bond acceptors (Lipinski definition) is 4. The van der Waals surface area contributed by atoms with Gasteiger partial charge in [-0.25, -0.2) is 8.42 Å². The predicted octanol–water partition coefficient (Wildman–Crippen LogP) is 5.95. The minimum absolute atomic E-state index is 0.0223. The van der Waals surface area contributed by atoms with E-state index < -0.39 is 28.5 Å². The first kappa shape index (κ1) is 31.5. The molecule has 0 radical (unpaired) electrons. The molecule has 0 aliphatic rings. The van der Waals surface area contributed by atoms with Gasteiger partial charge in [-0.05, 0) is 55.2 Å². The van der Waals surface area contributed by atoms with Crippen LogP contribution in [0.2, 0.25) is 10.0 Å². The molecule has 0 saturated heterocycles. The van der Waals surface area contributed by atoms with Crippen LogP contribution in [0.25, 0.3) is 0 Å². The van der Waals surface area contributed by atoms with Gasteiger partial charge in [0.15, 0.2) is 0 Å². The highest BCUT2D eigenvalue weighted by Crippen LogP contribution is 2.30. The van der Waals surface area contributed by atoms with Gasteiger partial charge in [-0.15, -0.1) is 0 Å². The summed E-state index contributed by atoms with van der Waals surface area (Å²) in [6.07, 6.45) is 2.62. The topological polar surface area (TPSA) is 86.8 Å². The molecule has 3 rings (SSSR count). The molecule has 40 heavy (non-hydrogen) atoms. The molecule has 1 N–H and O–H groups in total. The largest absolute Gasteiger partial charge is 0.354 e. The Hall–Kier alpha value is -3.07. The number of benzene rings is 3. The Morgan fingerprint density at radius 1 is 0.900 bits per heavy atom. The third-order valence-corrected chi connectivity index (χ3v) is 9.03. The van der Waals surface area contributed by atoms with Crippen molar-refractivity contribution < 1.29 is 18.0 Å². The van der Waals surface area contributed by atoms with Crippen molar-refractivity contribution in [3.8, 4) is 0 Å². The molecular formula is C30H35Cl2N3O4S. The quantitative estimate of drug-likeness (QED) is 0.230. The third-order valence-electron chi connectivity index (χ3n) is 6.50. The van der Waals surface area contributed by atoms with Crippen LogP contribution in [0.15, 0.2) is 83.8 Å². The Labute approximate surface area is 247 Å². The molecule has 2 amide bonds. The van der Waals surface area contributed by atoms with Crippen LogP contribution in [-0.4, -0.2) is 50.8 Å². The number of amides is 2. The second-order valence-corrected chi connectivity index (χ2v) is 12.0. The summed E-state index contributed by atoms with van der Waals surface area (Å²) in [6.45, 7) is 4.09. The number of sulfonamides is 1. The molecule has 0 fully saturated rings. The number of carbonyl (C=O) groups is 2. The van der Waals surface area contributed by atoms with Gasteiger partial charge in [-0.2, -0.15) is 0 Å². The maximum atomic E-state index is 14.0. The lowest BCUT2D eigenvalue weighted by atomic mass is 10.1. The van der Waals surface area contributed by atoms with Gasteiger partial charge in [0.2, 0.25) is 11.8 Å². The minimum atomic E-state index is -4.17. The van der Waals surface area contributed by atoms with Crippen LogP contribution < -0.4 is 9.62 Å². The highest BCUT2D eigenvalue weighted by Gasteiger charge is 2.33. The fourth-order valence-corrected chi connectivity index (χ4v) is 6.01. The van der Waals surface area contributed by atoms with E-state index in [4.69, 9.17) is 23.2 Å². The molecule has 0 aliphatic heterocycles. The first-order valence-electron chi connectivity index (χ1n) is 13.3. The second-order valence-electron chi connectivity index (χ2n) is 9.31. The summed E-state index contributed by atoms with van der Waals surface area (Å²) >= 11 is 12.3. The van der Waals surface area contributed by atoms with E-state index in [9.17, 15) is 18.0 Å². The summed E-state index contributed by atoms with van der Waals surface area (Å²) in [6, 6.07) is 21.1. The van der Waals surface area contributed by atoms with Crippen molar-refractivity contribution in [2.24, 2.45) is 0 Å². The van der Waals surface area contributed by atoms with Crippen molar-refractivity contribution in [2.75, 3.05) is 23.9 Å². The van der Waals surface area contributed by atoms with Crippen LogP contribution in [0, 0.1) is 0 Å². The average molecular weight is 605 g/mol. The normalized spacial score (nSPS) is 12.0. The summed E-state index contributed by atoms with van der Waals surface area (Å²) in [7, 11) is -4.17. The van der Waals surface area contributed by atoms with Crippen molar-refractivity contribution in [3.05, 3.63) is 94.5 Å². The van der Waals surface area contributed by atoms with Crippen LogP contribution in [0.4, 0.5) is 5.69 Å². The van der Waals surface area contributed by atoms with E-state index in [1.807, 2.05) is 44.2 Å². The highest BCUT2D eigenvalue weighted by atomic mass is 35.5. The Morgan fingerprint density at radius 3 is 2.15 bits per heavy atom. The minimum Gasteiger partial charge on any atom is -0.354 e. The third kappa shape index (κ3) is 8.22. The van der Waals surface area contributed by atoms with E-state index in [-0.39, 0.29) is 33.1 Å². The second kappa shape index (κ2) is 15.1. The molecular weight excluding hydrogens is 569 g/mol. The van der Waals surface area contributed by atoms with Crippen molar-refractivity contribution >= 4 is 50.7 Å². The van der Waals surface area contributed by atoms with Crippen LogP contribution in [0.3, 0.4) is 0 Å². The zero-order valence-corrected chi connectivity index (χ0v) is 25.1. The van der Waals surface area contributed by atoms with Crippen molar-refractivity contribution in [3.63, 3.8) is 0 Å². The number of nitrogens with zero attached hydrogens (tertiary/aromatic N) is 2. The highest BCUT2D eigenvalue weighted by molar-refractivity contribution is 7.92. The van der Waals surface area contributed by atoms with Crippen LogP contribution in [0.5, 0.6) is 0 Å². The molecule has 1 atom stereocenters. The molecule has 3 aromatic carbocycles. The lowest BCUT2D eigenvalue weighted by Gasteiger charge is -2.33. The Morgan fingerprint density at radius 2 is 1.55 bits per heavy atom. The van der Waals surface area contributed by atoms with Gasteiger partial charge in [-0.1, -0.05) is 92.0 Å². The number of carbonyl (C=O) groups excluding carboxylic acids is 2. The molecule has 0 aromatic heterocycles. The van der Waals surface area contributed by atoms with E-state index >= 15 is 0 Å². The fraction of sp³-hybridized carbons (Fsp3) is 0.333. The van der Waals surface area contributed by atoms with Crippen molar-refractivity contribution in [2.45, 2.75) is 50.5 Å². The zero-order valence-electron chi connectivity index (χ0n) is 22.7. The maximum Gasteiger partial charge on any atom is 0.264 e. The van der Waals surface area contributed by atoms with Crippen molar-refractivity contribution in [1.82, 2.24) is 10.2 Å². The van der Waals surface area contributed by atoms with Gasteiger partial charge in [0.1, 0.15) is 12.6 Å². The molecule has 0 saturated carbocycles. The molecule has 10 heteroatoms. The zero-order chi connectivity index (χ0) is 29.1. The van der Waals surface area contributed by atoms with E-state index in [1.54, 1.807) is 18.2 Å². The number of halogens is 2. The van der Waals surface area contributed by atoms with Gasteiger partial charge < -0.3 is 10.2 Å². The summed E-state index contributed by atoms with van der Waals surface area (Å²) in [4.78, 5) is 28.7. The van der Waals surface area contributed by atoms with E-state index in [1.165, 1.54) is 35.2 Å². The monoisotopic (exact) mass is 603 g/mol. The Kier molecular flexibility index (Phi) is 11.9. The summed E-state index contributed by atoms with van der Waals surface area (Å²) in [5.74, 6) is -0.761. The fourth-order valence-electron chi connectivity index (χ4n) is 4.29. The smallest absolute Gasteiger partial charge is 0.264 e. The number of hydrogen-bond donors (Lipinski definition) is 1. The first-order valence-corrected chi connectivity index (χ1v) is 15.5. The van der Waals surface area contributed by atoms with Gasteiger partial charge in [0.05, 0.1) is 20.6 Å². The molecule has 0 bridgehead atoms. The lowest BCUT2D eigenvalue weighted by molar-refractivity contribution is -0.139. The summed E-state index contributed by atoms with van der Waals surface area (Å²) in [5, 5.41) is 3.34.